The Kier molecular flexibility index (Phi) is 6.34. The molecule has 4 N–H and O–H groups in total. The molecular weight excluding hydrogens is 308 g/mol. The number of nitrogens with one attached hydrogen (secondary N) is 4. The van der Waals surface area contributed by atoms with Gasteiger partial charge in [-0.2, -0.15) is 0 Å². The molecular formula is C17H26N4O3. The molecule has 0 aliphatic rings. The normalized spacial score (nSPS) is 12.1. The Morgan fingerprint density at radius 3 is 2.25 bits per heavy atom. The minimum absolute atomic E-state index is 0.193. The quantitative estimate of drug-likeness (QED) is 0.675. The van der Waals surface area contributed by atoms with Crippen LogP contribution in [0, 0.1) is 6.92 Å². The number of anilines is 1. The van der Waals surface area contributed by atoms with Crippen molar-refractivity contribution >= 4 is 23.5 Å². The molecule has 0 saturated carbocycles. The molecule has 0 heterocycles. The smallest absolute Gasteiger partial charge is 0.319 e. The van der Waals surface area contributed by atoms with Crippen LogP contribution >= 0.6 is 0 Å². The average Bonchev–Trinajstić information content (AvgIpc) is 2.46. The second kappa shape index (κ2) is 7.81. The van der Waals surface area contributed by atoms with E-state index in [1.54, 1.807) is 39.1 Å². The minimum atomic E-state index is -0.672. The number of carbonyl (C=O) groups is 3. The Morgan fingerprint density at radius 2 is 1.75 bits per heavy atom. The SMILES string of the molecule is CNC(=O)c1ccc(NC(=O)N[C@H](C)C(=O)NC(C)(C)C)c(C)c1. The first kappa shape index (κ1) is 19.5. The monoisotopic (exact) mass is 334 g/mol. The second-order valence-electron chi connectivity index (χ2n) is 6.67. The maximum atomic E-state index is 12.0. The maximum Gasteiger partial charge on any atom is 0.319 e. The molecule has 0 spiro atoms. The van der Waals surface area contributed by atoms with Crippen molar-refractivity contribution in [1.82, 2.24) is 16.0 Å². The van der Waals surface area contributed by atoms with Gasteiger partial charge in [0, 0.05) is 23.8 Å². The lowest BCUT2D eigenvalue weighted by molar-refractivity contribution is -0.123. The highest BCUT2D eigenvalue weighted by Gasteiger charge is 2.20. The van der Waals surface area contributed by atoms with Crippen LogP contribution in [0.15, 0.2) is 18.2 Å². The summed E-state index contributed by atoms with van der Waals surface area (Å²) in [5.41, 5.74) is 1.47. The molecule has 24 heavy (non-hydrogen) atoms. The molecule has 0 aliphatic carbocycles. The fourth-order valence-corrected chi connectivity index (χ4v) is 1.99. The van der Waals surface area contributed by atoms with Crippen molar-refractivity contribution in [3.05, 3.63) is 29.3 Å². The van der Waals surface area contributed by atoms with Crippen LogP contribution in [0.5, 0.6) is 0 Å². The number of urea groups is 1. The highest BCUT2D eigenvalue weighted by molar-refractivity contribution is 5.97. The third-order valence-corrected chi connectivity index (χ3v) is 3.20. The molecule has 1 aromatic carbocycles. The molecule has 132 valence electrons. The predicted octanol–water partition coefficient (Wildman–Crippen LogP) is 1.78. The lowest BCUT2D eigenvalue weighted by Gasteiger charge is -2.23. The summed E-state index contributed by atoms with van der Waals surface area (Å²) in [5.74, 6) is -0.453. The number of hydrogen-bond donors (Lipinski definition) is 4. The topological polar surface area (TPSA) is 99.3 Å². The molecule has 1 aromatic rings. The second-order valence-corrected chi connectivity index (χ2v) is 6.67. The third kappa shape index (κ3) is 5.91. The number of rotatable bonds is 4. The number of carbonyl (C=O) groups excluding carboxylic acids is 3. The Labute approximate surface area is 142 Å². The summed E-state index contributed by atoms with van der Waals surface area (Å²) in [6, 6.07) is 3.80. The fourth-order valence-electron chi connectivity index (χ4n) is 1.99. The first-order chi connectivity index (χ1) is 11.0. The summed E-state index contributed by atoms with van der Waals surface area (Å²) in [6.45, 7) is 9.01. The molecule has 0 aromatic heterocycles. The number of hydrogen-bond acceptors (Lipinski definition) is 3. The zero-order valence-electron chi connectivity index (χ0n) is 15.0. The zero-order valence-corrected chi connectivity index (χ0v) is 15.0. The van der Waals surface area contributed by atoms with Gasteiger partial charge in [0.1, 0.15) is 6.04 Å². The van der Waals surface area contributed by atoms with Gasteiger partial charge in [0.15, 0.2) is 0 Å². The average molecular weight is 334 g/mol. The third-order valence-electron chi connectivity index (χ3n) is 3.20. The van der Waals surface area contributed by atoms with Gasteiger partial charge in [-0.1, -0.05) is 0 Å². The highest BCUT2D eigenvalue weighted by atomic mass is 16.2. The van der Waals surface area contributed by atoms with Gasteiger partial charge in [0.2, 0.25) is 5.91 Å². The van der Waals surface area contributed by atoms with Crippen LogP contribution in [0.2, 0.25) is 0 Å². The molecule has 7 nitrogen and oxygen atoms in total. The van der Waals surface area contributed by atoms with E-state index in [1.165, 1.54) is 0 Å². The summed E-state index contributed by atoms with van der Waals surface area (Å²) < 4.78 is 0. The van der Waals surface area contributed by atoms with Crippen molar-refractivity contribution in [1.29, 1.82) is 0 Å². The molecule has 0 saturated heterocycles. The Bertz CT molecular complexity index is 635. The van der Waals surface area contributed by atoms with E-state index < -0.39 is 12.1 Å². The Hall–Kier alpha value is -2.57. The lowest BCUT2D eigenvalue weighted by atomic mass is 10.1. The van der Waals surface area contributed by atoms with Crippen LogP contribution < -0.4 is 21.3 Å². The van der Waals surface area contributed by atoms with Crippen molar-refractivity contribution in [2.45, 2.75) is 46.2 Å². The largest absolute Gasteiger partial charge is 0.355 e. The van der Waals surface area contributed by atoms with Crippen LogP contribution in [0.1, 0.15) is 43.6 Å². The van der Waals surface area contributed by atoms with Crippen molar-refractivity contribution in [3.8, 4) is 0 Å². The molecule has 1 atom stereocenters. The van der Waals surface area contributed by atoms with Crippen LogP contribution in [-0.2, 0) is 4.79 Å². The van der Waals surface area contributed by atoms with E-state index in [4.69, 9.17) is 0 Å². The fraction of sp³-hybridized carbons (Fsp3) is 0.471. The molecule has 0 fully saturated rings. The Morgan fingerprint density at radius 1 is 1.12 bits per heavy atom. The van der Waals surface area contributed by atoms with E-state index in [0.29, 0.717) is 11.3 Å². The summed E-state index contributed by atoms with van der Waals surface area (Å²) >= 11 is 0. The van der Waals surface area contributed by atoms with Crippen molar-refractivity contribution < 1.29 is 14.4 Å². The van der Waals surface area contributed by atoms with Gasteiger partial charge in [-0.25, -0.2) is 4.79 Å². The molecule has 1 rings (SSSR count). The molecule has 0 aliphatic heterocycles. The summed E-state index contributed by atoms with van der Waals surface area (Å²) in [6.07, 6.45) is 0. The highest BCUT2D eigenvalue weighted by Crippen LogP contribution is 2.16. The maximum absolute atomic E-state index is 12.0. The molecule has 4 amide bonds. The van der Waals surface area contributed by atoms with Gasteiger partial charge >= 0.3 is 6.03 Å². The molecule has 0 bridgehead atoms. The van der Waals surface area contributed by atoms with Crippen LogP contribution in [-0.4, -0.2) is 36.5 Å². The first-order valence-corrected chi connectivity index (χ1v) is 7.76. The summed E-state index contributed by atoms with van der Waals surface area (Å²) in [4.78, 5) is 35.6. The van der Waals surface area contributed by atoms with E-state index >= 15 is 0 Å². The lowest BCUT2D eigenvalue weighted by Crippen LogP contribution is -2.51. The minimum Gasteiger partial charge on any atom is -0.355 e. The molecule has 0 radical (unpaired) electrons. The number of benzene rings is 1. The standard InChI is InChI=1S/C17H26N4O3/c1-10-9-12(15(23)18-6)7-8-13(10)20-16(24)19-11(2)14(22)21-17(3,4)5/h7-9,11H,1-6H3,(H,18,23)(H,21,22)(H2,19,20,24)/t11-/m1/s1. The van der Waals surface area contributed by atoms with Gasteiger partial charge in [-0.15, -0.1) is 0 Å². The van der Waals surface area contributed by atoms with E-state index in [2.05, 4.69) is 21.3 Å². The number of aryl methyl sites for hydroxylation is 1. The van der Waals surface area contributed by atoms with Gasteiger partial charge in [0.25, 0.3) is 5.91 Å². The van der Waals surface area contributed by atoms with Crippen molar-refractivity contribution in [2.24, 2.45) is 0 Å². The van der Waals surface area contributed by atoms with Crippen molar-refractivity contribution in [3.63, 3.8) is 0 Å². The van der Waals surface area contributed by atoms with Gasteiger partial charge in [-0.05, 0) is 58.4 Å². The van der Waals surface area contributed by atoms with E-state index in [-0.39, 0.29) is 17.4 Å². The first-order valence-electron chi connectivity index (χ1n) is 7.76. The number of amides is 4. The van der Waals surface area contributed by atoms with E-state index in [9.17, 15) is 14.4 Å². The molecule has 7 heteroatoms. The van der Waals surface area contributed by atoms with Crippen LogP contribution in [0.4, 0.5) is 10.5 Å². The summed E-state index contributed by atoms with van der Waals surface area (Å²) in [7, 11) is 1.56. The van der Waals surface area contributed by atoms with E-state index in [1.807, 2.05) is 20.8 Å². The van der Waals surface area contributed by atoms with E-state index in [0.717, 1.165) is 5.56 Å². The molecule has 0 unspecified atom stereocenters. The van der Waals surface area contributed by atoms with Gasteiger partial charge < -0.3 is 21.3 Å². The summed E-state index contributed by atoms with van der Waals surface area (Å²) in [5, 5.41) is 10.6. The van der Waals surface area contributed by atoms with Crippen LogP contribution in [0.3, 0.4) is 0 Å². The predicted molar refractivity (Wildman–Crippen MR) is 94.1 cm³/mol. The van der Waals surface area contributed by atoms with Crippen LogP contribution in [0.25, 0.3) is 0 Å². The van der Waals surface area contributed by atoms with Gasteiger partial charge in [-0.3, -0.25) is 9.59 Å². The zero-order chi connectivity index (χ0) is 18.5. The van der Waals surface area contributed by atoms with Crippen molar-refractivity contribution in [2.75, 3.05) is 12.4 Å². The van der Waals surface area contributed by atoms with Gasteiger partial charge in [0.05, 0.1) is 0 Å². The Balaban J connectivity index is 2.68.